The zero-order valence-corrected chi connectivity index (χ0v) is 14.8. The summed E-state index contributed by atoms with van der Waals surface area (Å²) in [5.74, 6) is 0. The zero-order chi connectivity index (χ0) is 15.6. The van der Waals surface area contributed by atoms with E-state index in [0.29, 0.717) is 5.41 Å². The molecule has 0 bridgehead atoms. The van der Waals surface area contributed by atoms with Crippen LogP contribution in [0, 0.1) is 5.41 Å². The molecule has 0 radical (unpaired) electrons. The third kappa shape index (κ3) is 7.59. The lowest BCUT2D eigenvalue weighted by Crippen LogP contribution is -2.50. The van der Waals surface area contributed by atoms with Gasteiger partial charge in [0.2, 0.25) is 0 Å². The minimum absolute atomic E-state index is 0.314. The highest BCUT2D eigenvalue weighted by Crippen LogP contribution is 2.29. The molecule has 4 nitrogen and oxygen atoms in total. The van der Waals surface area contributed by atoms with Crippen LogP contribution in [0.4, 0.5) is 0 Å². The number of hydrogen-bond acceptors (Lipinski definition) is 4. The molecule has 0 spiro atoms. The van der Waals surface area contributed by atoms with E-state index in [0.717, 1.165) is 39.4 Å². The van der Waals surface area contributed by atoms with Gasteiger partial charge in [-0.05, 0) is 52.9 Å². The summed E-state index contributed by atoms with van der Waals surface area (Å²) in [6.45, 7) is 13.3. The van der Waals surface area contributed by atoms with Gasteiger partial charge >= 0.3 is 0 Å². The molecule has 4 heteroatoms. The van der Waals surface area contributed by atoms with E-state index in [1.807, 2.05) is 0 Å². The second kappa shape index (κ2) is 10.5. The second-order valence-corrected chi connectivity index (χ2v) is 6.91. The predicted molar refractivity (Wildman–Crippen MR) is 90.9 cm³/mol. The fraction of sp³-hybridized carbons (Fsp3) is 1.00. The highest BCUT2D eigenvalue weighted by Gasteiger charge is 2.34. The monoisotopic (exact) mass is 299 g/mol. The topological polar surface area (TPSA) is 27.7 Å². The Balaban J connectivity index is 2.57. The van der Waals surface area contributed by atoms with Crippen molar-refractivity contribution < 1.29 is 4.74 Å². The van der Waals surface area contributed by atoms with Crippen LogP contribution in [0.15, 0.2) is 0 Å². The first-order valence-electron chi connectivity index (χ1n) is 8.77. The molecule has 1 heterocycles. The maximum Gasteiger partial charge on any atom is 0.0546 e. The maximum absolute atomic E-state index is 5.84. The Morgan fingerprint density at radius 2 is 1.90 bits per heavy atom. The molecule has 1 aliphatic rings. The lowest BCUT2D eigenvalue weighted by atomic mass is 9.81. The summed E-state index contributed by atoms with van der Waals surface area (Å²) in [4.78, 5) is 4.92. The molecule has 21 heavy (non-hydrogen) atoms. The Kier molecular flexibility index (Phi) is 9.49. The van der Waals surface area contributed by atoms with Crippen molar-refractivity contribution in [3.05, 3.63) is 0 Å². The number of hydrogen-bond donors (Lipinski definition) is 1. The molecule has 1 unspecified atom stereocenters. The molecule has 126 valence electrons. The third-order valence-corrected chi connectivity index (χ3v) is 4.29. The molecule has 0 amide bonds. The fourth-order valence-corrected chi connectivity index (χ4v) is 3.16. The van der Waals surface area contributed by atoms with Crippen LogP contribution >= 0.6 is 0 Å². The van der Waals surface area contributed by atoms with Crippen LogP contribution in [0.3, 0.4) is 0 Å². The lowest BCUT2D eigenvalue weighted by molar-refractivity contribution is -0.0267. The highest BCUT2D eigenvalue weighted by atomic mass is 16.5. The van der Waals surface area contributed by atoms with Gasteiger partial charge in [0.1, 0.15) is 0 Å². The van der Waals surface area contributed by atoms with Crippen molar-refractivity contribution in [3.63, 3.8) is 0 Å². The molecule has 0 aromatic rings. The normalized spacial score (nSPS) is 23.1. The molecule has 0 aliphatic carbocycles. The van der Waals surface area contributed by atoms with Gasteiger partial charge in [-0.15, -0.1) is 0 Å². The summed E-state index contributed by atoms with van der Waals surface area (Å²) in [6, 6.07) is 0. The Labute approximate surface area is 132 Å². The Morgan fingerprint density at radius 3 is 2.48 bits per heavy atom. The van der Waals surface area contributed by atoms with Crippen molar-refractivity contribution in [2.45, 2.75) is 39.5 Å². The Morgan fingerprint density at radius 1 is 1.10 bits per heavy atom. The van der Waals surface area contributed by atoms with Crippen LogP contribution < -0.4 is 5.32 Å². The van der Waals surface area contributed by atoms with Gasteiger partial charge in [-0.1, -0.05) is 13.8 Å². The number of likely N-dealkylation sites (N-methyl/N-ethyl adjacent to an activating group) is 1. The van der Waals surface area contributed by atoms with Gasteiger partial charge in [-0.3, -0.25) is 0 Å². The summed E-state index contributed by atoms with van der Waals surface area (Å²) in [6.07, 6.45) is 4.94. The summed E-state index contributed by atoms with van der Waals surface area (Å²) in [5, 5.41) is 3.64. The van der Waals surface area contributed by atoms with E-state index < -0.39 is 0 Å². The van der Waals surface area contributed by atoms with Gasteiger partial charge in [0.05, 0.1) is 6.61 Å². The second-order valence-electron chi connectivity index (χ2n) is 6.91. The van der Waals surface area contributed by atoms with Crippen LogP contribution in [0.1, 0.15) is 39.5 Å². The molecule has 1 atom stereocenters. The molecular weight excluding hydrogens is 262 g/mol. The maximum atomic E-state index is 5.84. The van der Waals surface area contributed by atoms with Crippen LogP contribution in [0.2, 0.25) is 0 Å². The average molecular weight is 300 g/mol. The van der Waals surface area contributed by atoms with E-state index in [1.54, 1.807) is 0 Å². The molecule has 0 aromatic carbocycles. The van der Waals surface area contributed by atoms with Crippen molar-refractivity contribution in [1.82, 2.24) is 15.1 Å². The van der Waals surface area contributed by atoms with Gasteiger partial charge in [0.25, 0.3) is 0 Å². The molecule has 1 N–H and O–H groups in total. The summed E-state index contributed by atoms with van der Waals surface area (Å²) in [5.41, 5.74) is 0.314. The Hall–Kier alpha value is -0.160. The summed E-state index contributed by atoms with van der Waals surface area (Å²) in [7, 11) is 4.32. The quantitative estimate of drug-likeness (QED) is 0.591. The van der Waals surface area contributed by atoms with Crippen molar-refractivity contribution in [2.75, 3.05) is 66.6 Å². The Bertz CT molecular complexity index is 252. The molecule has 1 aliphatic heterocycles. The van der Waals surface area contributed by atoms with E-state index in [9.17, 15) is 0 Å². The first kappa shape index (κ1) is 18.9. The van der Waals surface area contributed by atoms with E-state index in [4.69, 9.17) is 4.74 Å². The van der Waals surface area contributed by atoms with E-state index in [1.165, 1.54) is 38.8 Å². The van der Waals surface area contributed by atoms with Gasteiger partial charge in [-0.2, -0.15) is 0 Å². The molecule has 1 saturated heterocycles. The lowest BCUT2D eigenvalue weighted by Gasteiger charge is -2.41. The first-order valence-corrected chi connectivity index (χ1v) is 8.77. The van der Waals surface area contributed by atoms with Gasteiger partial charge < -0.3 is 19.9 Å². The minimum atomic E-state index is 0.314. The van der Waals surface area contributed by atoms with E-state index in [-0.39, 0.29) is 0 Å². The smallest absolute Gasteiger partial charge is 0.0546 e. The number of nitrogens with zero attached hydrogens (tertiary/aromatic N) is 2. The largest absolute Gasteiger partial charge is 0.381 e. The molecule has 0 aromatic heterocycles. The van der Waals surface area contributed by atoms with Crippen LogP contribution in [0.5, 0.6) is 0 Å². The van der Waals surface area contributed by atoms with Crippen LogP contribution in [-0.2, 0) is 4.74 Å². The average Bonchev–Trinajstić information content (AvgIpc) is 2.46. The molecule has 0 saturated carbocycles. The van der Waals surface area contributed by atoms with Crippen molar-refractivity contribution >= 4 is 0 Å². The van der Waals surface area contributed by atoms with Gasteiger partial charge in [0, 0.05) is 38.2 Å². The number of rotatable bonds is 11. The van der Waals surface area contributed by atoms with Crippen molar-refractivity contribution in [1.29, 1.82) is 0 Å². The number of nitrogens with one attached hydrogen (secondary N) is 1. The molecule has 1 rings (SSSR count). The fourth-order valence-electron chi connectivity index (χ4n) is 3.16. The minimum Gasteiger partial charge on any atom is -0.381 e. The van der Waals surface area contributed by atoms with Crippen molar-refractivity contribution in [2.24, 2.45) is 5.41 Å². The van der Waals surface area contributed by atoms with E-state index >= 15 is 0 Å². The zero-order valence-electron chi connectivity index (χ0n) is 14.8. The summed E-state index contributed by atoms with van der Waals surface area (Å²) >= 11 is 0. The molecular formula is C17H37N3O. The first-order chi connectivity index (χ1) is 10.1. The third-order valence-electron chi connectivity index (χ3n) is 4.29. The SMILES string of the molecule is CCCNCC1(CN(CCC)CCN(C)C)CCCOC1. The van der Waals surface area contributed by atoms with Gasteiger partial charge in [-0.25, -0.2) is 0 Å². The number of ether oxygens (including phenoxy) is 1. The van der Waals surface area contributed by atoms with Crippen LogP contribution in [-0.4, -0.2) is 76.4 Å². The van der Waals surface area contributed by atoms with Crippen molar-refractivity contribution in [3.8, 4) is 0 Å². The van der Waals surface area contributed by atoms with Gasteiger partial charge in [0.15, 0.2) is 0 Å². The van der Waals surface area contributed by atoms with Crippen LogP contribution in [0.25, 0.3) is 0 Å². The highest BCUT2D eigenvalue weighted by molar-refractivity contribution is 4.87. The summed E-state index contributed by atoms with van der Waals surface area (Å²) < 4.78 is 5.84. The standard InChI is InChI=1S/C17H37N3O/c1-5-9-18-14-17(8-7-13-21-16-17)15-20(10-6-2)12-11-19(3)4/h18H,5-16H2,1-4H3. The molecule has 1 fully saturated rings. The predicted octanol–water partition coefficient (Wildman–Crippen LogP) is 2.06. The van der Waals surface area contributed by atoms with E-state index in [2.05, 4.69) is 43.1 Å².